The minimum absolute atomic E-state index is 0.170. The van der Waals surface area contributed by atoms with Crippen LogP contribution in [0.1, 0.15) is 23.6 Å². The lowest BCUT2D eigenvalue weighted by atomic mass is 10.0. The summed E-state index contributed by atoms with van der Waals surface area (Å²) in [4.78, 5) is 14.9. The highest BCUT2D eigenvalue weighted by Crippen LogP contribution is 2.46. The highest BCUT2D eigenvalue weighted by Gasteiger charge is 2.56. The van der Waals surface area contributed by atoms with Crippen molar-refractivity contribution in [1.82, 2.24) is 0 Å². The molecule has 1 amide bonds. The van der Waals surface area contributed by atoms with Crippen LogP contribution >= 0.6 is 0 Å². The third-order valence-electron chi connectivity index (χ3n) is 4.62. The molecule has 2 aromatic carbocycles. The number of rotatable bonds is 4. The molecular weight excluding hydrogens is 318 g/mol. The lowest BCUT2D eigenvalue weighted by molar-refractivity contribution is -0.180. The van der Waals surface area contributed by atoms with Crippen molar-refractivity contribution in [2.24, 2.45) is 0 Å². The number of hydrogen-bond acceptors (Lipinski definition) is 4. The molecule has 2 heterocycles. The lowest BCUT2D eigenvalue weighted by Crippen LogP contribution is -2.41. The number of para-hydroxylation sites is 1. The quantitative estimate of drug-likeness (QED) is 0.859. The molecule has 25 heavy (non-hydrogen) atoms. The van der Waals surface area contributed by atoms with Gasteiger partial charge in [0.05, 0.1) is 32.1 Å². The predicted molar refractivity (Wildman–Crippen MR) is 93.6 cm³/mol. The van der Waals surface area contributed by atoms with E-state index in [-0.39, 0.29) is 5.91 Å². The van der Waals surface area contributed by atoms with Crippen LogP contribution < -0.4 is 9.64 Å². The first-order valence-corrected chi connectivity index (χ1v) is 8.57. The van der Waals surface area contributed by atoms with E-state index in [1.165, 1.54) is 0 Å². The third-order valence-corrected chi connectivity index (χ3v) is 4.62. The second kappa shape index (κ2) is 6.17. The summed E-state index contributed by atoms with van der Waals surface area (Å²) in [5.41, 5.74) is 3.66. The average Bonchev–Trinajstić information content (AvgIpc) is 3.18. The first-order valence-electron chi connectivity index (χ1n) is 8.57. The van der Waals surface area contributed by atoms with Crippen LogP contribution in [-0.2, 0) is 26.6 Å². The van der Waals surface area contributed by atoms with Crippen LogP contribution in [0.25, 0.3) is 0 Å². The lowest BCUT2D eigenvalue weighted by Gasteiger charge is -2.23. The molecule has 0 aliphatic carbocycles. The van der Waals surface area contributed by atoms with E-state index in [2.05, 4.69) is 0 Å². The van der Waals surface area contributed by atoms with E-state index >= 15 is 0 Å². The second-order valence-electron chi connectivity index (χ2n) is 6.27. The molecule has 2 aliphatic rings. The van der Waals surface area contributed by atoms with Crippen molar-refractivity contribution in [3.05, 3.63) is 59.2 Å². The molecule has 2 aliphatic heterocycles. The van der Waals surface area contributed by atoms with Gasteiger partial charge in [-0.2, -0.15) is 0 Å². The van der Waals surface area contributed by atoms with Gasteiger partial charge in [-0.15, -0.1) is 0 Å². The Morgan fingerprint density at radius 3 is 2.68 bits per heavy atom. The minimum Gasteiger partial charge on any atom is -0.494 e. The summed E-state index contributed by atoms with van der Waals surface area (Å²) in [5.74, 6) is -0.667. The van der Waals surface area contributed by atoms with Crippen LogP contribution in [-0.4, -0.2) is 25.7 Å². The molecule has 1 spiro atoms. The number of aryl methyl sites for hydroxylation is 1. The van der Waals surface area contributed by atoms with E-state index < -0.39 is 5.79 Å². The maximum Gasteiger partial charge on any atom is 0.292 e. The van der Waals surface area contributed by atoms with Crippen molar-refractivity contribution in [3.8, 4) is 5.75 Å². The molecule has 5 nitrogen and oxygen atoms in total. The van der Waals surface area contributed by atoms with Gasteiger partial charge in [0.2, 0.25) is 0 Å². The zero-order valence-corrected chi connectivity index (χ0v) is 14.5. The molecule has 0 aromatic heterocycles. The van der Waals surface area contributed by atoms with E-state index in [4.69, 9.17) is 14.2 Å². The van der Waals surface area contributed by atoms with Crippen molar-refractivity contribution in [2.75, 3.05) is 24.7 Å². The number of ether oxygens (including phenoxy) is 3. The fourth-order valence-corrected chi connectivity index (χ4v) is 3.50. The van der Waals surface area contributed by atoms with Crippen molar-refractivity contribution in [2.45, 2.75) is 26.2 Å². The van der Waals surface area contributed by atoms with E-state index in [1.807, 2.05) is 56.3 Å². The van der Waals surface area contributed by atoms with Gasteiger partial charge in [0.15, 0.2) is 0 Å². The van der Waals surface area contributed by atoms with Crippen LogP contribution in [0.2, 0.25) is 0 Å². The van der Waals surface area contributed by atoms with Crippen LogP contribution in [0.5, 0.6) is 5.75 Å². The fraction of sp³-hybridized carbons (Fsp3) is 0.350. The third kappa shape index (κ3) is 2.51. The molecule has 5 heteroatoms. The number of fused-ring (bicyclic) bond motifs is 2. The maximum atomic E-state index is 13.2. The van der Waals surface area contributed by atoms with Gasteiger partial charge in [0.1, 0.15) is 5.75 Å². The molecular formula is C20H21NO4. The van der Waals surface area contributed by atoms with Gasteiger partial charge in [-0.05, 0) is 32.0 Å². The molecule has 2 aromatic rings. The molecule has 0 bridgehead atoms. The van der Waals surface area contributed by atoms with E-state index in [0.29, 0.717) is 26.4 Å². The summed E-state index contributed by atoms with van der Waals surface area (Å²) in [6, 6.07) is 13.7. The summed E-state index contributed by atoms with van der Waals surface area (Å²) >= 11 is 0. The van der Waals surface area contributed by atoms with E-state index in [1.54, 1.807) is 4.90 Å². The van der Waals surface area contributed by atoms with Crippen molar-refractivity contribution < 1.29 is 19.0 Å². The zero-order chi connectivity index (χ0) is 17.4. The number of anilines is 1. The van der Waals surface area contributed by atoms with E-state index in [9.17, 15) is 4.79 Å². The molecule has 1 fully saturated rings. The standard InChI is InChI=1S/C20H21NO4/c1-3-23-18-7-5-4-6-15(18)13-21-17-9-8-14(2)12-16(17)20(19(21)22)24-10-11-25-20/h4-9,12H,3,10-11,13H2,1-2H3. The first-order chi connectivity index (χ1) is 12.2. The Kier molecular flexibility index (Phi) is 3.98. The number of nitrogens with zero attached hydrogens (tertiary/aromatic N) is 1. The molecule has 130 valence electrons. The molecule has 0 unspecified atom stereocenters. The van der Waals surface area contributed by atoms with Gasteiger partial charge in [0.25, 0.3) is 11.7 Å². The van der Waals surface area contributed by atoms with Gasteiger partial charge >= 0.3 is 0 Å². The molecule has 4 rings (SSSR count). The molecule has 0 radical (unpaired) electrons. The van der Waals surface area contributed by atoms with Crippen molar-refractivity contribution >= 4 is 11.6 Å². The van der Waals surface area contributed by atoms with E-state index in [0.717, 1.165) is 28.1 Å². The van der Waals surface area contributed by atoms with Crippen molar-refractivity contribution in [3.63, 3.8) is 0 Å². The fourth-order valence-electron chi connectivity index (χ4n) is 3.50. The number of carbonyl (C=O) groups is 1. The van der Waals surface area contributed by atoms with Gasteiger partial charge < -0.3 is 19.1 Å². The van der Waals surface area contributed by atoms with Gasteiger partial charge in [0, 0.05) is 11.1 Å². The summed E-state index contributed by atoms with van der Waals surface area (Å²) in [7, 11) is 0. The Morgan fingerprint density at radius 2 is 1.92 bits per heavy atom. The van der Waals surface area contributed by atoms with Crippen molar-refractivity contribution in [1.29, 1.82) is 0 Å². The minimum atomic E-state index is -1.29. The van der Waals surface area contributed by atoms with Gasteiger partial charge in [-0.3, -0.25) is 4.79 Å². The number of hydrogen-bond donors (Lipinski definition) is 0. The highest BCUT2D eigenvalue weighted by molar-refractivity contribution is 6.06. The predicted octanol–water partition coefficient (Wildman–Crippen LogP) is 3.14. The average molecular weight is 339 g/mol. The normalized spacial score (nSPS) is 18.0. The largest absolute Gasteiger partial charge is 0.494 e. The van der Waals surface area contributed by atoms with Crippen LogP contribution in [0.15, 0.2) is 42.5 Å². The van der Waals surface area contributed by atoms with Crippen LogP contribution in [0.4, 0.5) is 5.69 Å². The molecule has 0 N–H and O–H groups in total. The monoisotopic (exact) mass is 339 g/mol. The summed E-state index contributed by atoms with van der Waals surface area (Å²) in [6.07, 6.45) is 0. The summed E-state index contributed by atoms with van der Waals surface area (Å²) in [5, 5.41) is 0. The highest BCUT2D eigenvalue weighted by atomic mass is 16.7. The smallest absolute Gasteiger partial charge is 0.292 e. The Balaban J connectivity index is 1.75. The molecule has 0 saturated carbocycles. The Morgan fingerprint density at radius 1 is 1.16 bits per heavy atom. The van der Waals surface area contributed by atoms with Gasteiger partial charge in [-0.1, -0.05) is 29.8 Å². The molecule has 1 saturated heterocycles. The first kappa shape index (κ1) is 16.1. The molecule has 0 atom stereocenters. The second-order valence-corrected chi connectivity index (χ2v) is 6.27. The SMILES string of the molecule is CCOc1ccccc1CN1C(=O)C2(OCCO2)c2cc(C)ccc21. The van der Waals surface area contributed by atoms with Crippen LogP contribution in [0, 0.1) is 6.92 Å². The number of carbonyl (C=O) groups excluding carboxylic acids is 1. The Hall–Kier alpha value is -2.37. The Bertz CT molecular complexity index is 811. The summed E-state index contributed by atoms with van der Waals surface area (Å²) in [6.45, 7) is 5.78. The zero-order valence-electron chi connectivity index (χ0n) is 14.5. The van der Waals surface area contributed by atoms with Gasteiger partial charge in [-0.25, -0.2) is 0 Å². The van der Waals surface area contributed by atoms with Crippen LogP contribution in [0.3, 0.4) is 0 Å². The maximum absolute atomic E-state index is 13.2. The summed E-state index contributed by atoms with van der Waals surface area (Å²) < 4.78 is 17.3. The Labute approximate surface area is 147 Å². The number of benzene rings is 2. The topological polar surface area (TPSA) is 48.0 Å². The number of amides is 1.